The van der Waals surface area contributed by atoms with Gasteiger partial charge in [-0.05, 0) is 24.3 Å². The number of hydrogen-bond acceptors (Lipinski definition) is 4. The summed E-state index contributed by atoms with van der Waals surface area (Å²) in [6.45, 7) is 3.65. The molecule has 1 aliphatic heterocycles. The lowest BCUT2D eigenvalue weighted by Crippen LogP contribution is -2.57. The maximum Gasteiger partial charge on any atom is 0.0594 e. The van der Waals surface area contributed by atoms with E-state index in [4.69, 9.17) is 22.1 Å². The van der Waals surface area contributed by atoms with E-state index in [1.165, 1.54) is 25.7 Å². The zero-order valence-corrected chi connectivity index (χ0v) is 12.7. The summed E-state index contributed by atoms with van der Waals surface area (Å²) in [5, 5.41) is 2.87. The van der Waals surface area contributed by atoms with E-state index in [9.17, 15) is 0 Å². The van der Waals surface area contributed by atoms with E-state index >= 15 is 0 Å². The molecule has 5 heteroatoms. The number of morpholine rings is 1. The molecule has 106 valence electrons. The van der Waals surface area contributed by atoms with Crippen LogP contribution in [0.25, 0.3) is 0 Å². The Balaban J connectivity index is 1.89. The average Bonchev–Trinajstić information content (AvgIpc) is 3.08. The van der Waals surface area contributed by atoms with Crippen LogP contribution in [0.1, 0.15) is 36.6 Å². The third-order valence-corrected chi connectivity index (χ3v) is 6.06. The van der Waals surface area contributed by atoms with Crippen LogP contribution < -0.4 is 5.73 Å². The van der Waals surface area contributed by atoms with E-state index in [-0.39, 0.29) is 11.6 Å². The molecule has 0 bridgehead atoms. The Kier molecular flexibility index (Phi) is 4.15. The molecule has 1 aromatic rings. The molecule has 1 saturated carbocycles. The highest BCUT2D eigenvalue weighted by molar-refractivity contribution is 7.10. The van der Waals surface area contributed by atoms with Crippen molar-refractivity contribution < 1.29 is 4.74 Å². The summed E-state index contributed by atoms with van der Waals surface area (Å²) in [6, 6.07) is 1.99. The van der Waals surface area contributed by atoms with Crippen molar-refractivity contribution in [2.24, 2.45) is 5.73 Å². The highest BCUT2D eigenvalue weighted by atomic mass is 35.5. The fourth-order valence-electron chi connectivity index (χ4n) is 3.59. The van der Waals surface area contributed by atoms with E-state index in [1.807, 2.05) is 11.4 Å². The molecule has 2 fully saturated rings. The molecule has 1 atom stereocenters. The third kappa shape index (κ3) is 2.45. The van der Waals surface area contributed by atoms with Crippen LogP contribution >= 0.6 is 22.9 Å². The smallest absolute Gasteiger partial charge is 0.0594 e. The Hall–Kier alpha value is -0.130. The zero-order chi connectivity index (χ0) is 13.3. The standard InChI is InChI=1S/C14H21ClN2OS/c15-11-3-10-19-12(11)13(16)14(4-1-2-5-14)17-6-8-18-9-7-17/h3,10,13H,1-2,4-9,16H2. The van der Waals surface area contributed by atoms with Gasteiger partial charge in [0.15, 0.2) is 0 Å². The molecule has 2 aliphatic rings. The predicted octanol–water partition coefficient (Wildman–Crippen LogP) is 3.05. The summed E-state index contributed by atoms with van der Waals surface area (Å²) in [6.07, 6.45) is 4.91. The molecule has 3 rings (SSSR count). The molecular formula is C14H21ClN2OS. The summed E-state index contributed by atoms with van der Waals surface area (Å²) < 4.78 is 5.49. The monoisotopic (exact) mass is 300 g/mol. The predicted molar refractivity (Wildman–Crippen MR) is 79.8 cm³/mol. The van der Waals surface area contributed by atoms with E-state index in [1.54, 1.807) is 11.3 Å². The van der Waals surface area contributed by atoms with Gasteiger partial charge in [0.25, 0.3) is 0 Å². The minimum absolute atomic E-state index is 0.0283. The van der Waals surface area contributed by atoms with Crippen LogP contribution in [0.15, 0.2) is 11.4 Å². The van der Waals surface area contributed by atoms with Gasteiger partial charge in [0.2, 0.25) is 0 Å². The Morgan fingerprint density at radius 2 is 2.00 bits per heavy atom. The van der Waals surface area contributed by atoms with Crippen molar-refractivity contribution >= 4 is 22.9 Å². The summed E-state index contributed by atoms with van der Waals surface area (Å²) >= 11 is 7.99. The summed E-state index contributed by atoms with van der Waals surface area (Å²) in [5.74, 6) is 0. The van der Waals surface area contributed by atoms with Gasteiger partial charge in [0.05, 0.1) is 24.3 Å². The van der Waals surface area contributed by atoms with Gasteiger partial charge in [-0.3, -0.25) is 4.90 Å². The van der Waals surface area contributed by atoms with Crippen LogP contribution in [0.3, 0.4) is 0 Å². The van der Waals surface area contributed by atoms with Crippen molar-refractivity contribution in [2.45, 2.75) is 37.3 Å². The first kappa shape index (κ1) is 13.8. The van der Waals surface area contributed by atoms with E-state index in [0.29, 0.717) is 0 Å². The maximum atomic E-state index is 6.65. The first-order chi connectivity index (χ1) is 9.24. The molecule has 2 heterocycles. The largest absolute Gasteiger partial charge is 0.379 e. The average molecular weight is 301 g/mol. The number of hydrogen-bond donors (Lipinski definition) is 1. The maximum absolute atomic E-state index is 6.65. The number of halogens is 1. The molecule has 1 saturated heterocycles. The van der Waals surface area contributed by atoms with Crippen molar-refractivity contribution in [1.29, 1.82) is 0 Å². The molecule has 1 aromatic heterocycles. The Morgan fingerprint density at radius 1 is 1.32 bits per heavy atom. The zero-order valence-electron chi connectivity index (χ0n) is 11.1. The number of nitrogens with two attached hydrogens (primary N) is 1. The van der Waals surface area contributed by atoms with E-state index < -0.39 is 0 Å². The van der Waals surface area contributed by atoms with Gasteiger partial charge in [-0.15, -0.1) is 11.3 Å². The van der Waals surface area contributed by atoms with Crippen molar-refractivity contribution in [1.82, 2.24) is 4.90 Å². The second-order valence-electron chi connectivity index (χ2n) is 5.52. The fourth-order valence-corrected chi connectivity index (χ4v) is 4.88. The molecule has 0 aromatic carbocycles. The molecule has 1 aliphatic carbocycles. The van der Waals surface area contributed by atoms with Gasteiger partial charge in [-0.25, -0.2) is 0 Å². The van der Waals surface area contributed by atoms with Gasteiger partial charge in [0.1, 0.15) is 0 Å². The van der Waals surface area contributed by atoms with Crippen LogP contribution in [0.5, 0.6) is 0 Å². The van der Waals surface area contributed by atoms with Crippen LogP contribution in [0.2, 0.25) is 5.02 Å². The quantitative estimate of drug-likeness (QED) is 0.932. The van der Waals surface area contributed by atoms with Gasteiger partial charge < -0.3 is 10.5 Å². The number of thiophene rings is 1. The number of ether oxygens (including phenoxy) is 1. The second kappa shape index (κ2) is 5.70. The number of rotatable bonds is 3. The van der Waals surface area contributed by atoms with E-state index in [2.05, 4.69) is 4.90 Å². The van der Waals surface area contributed by atoms with Gasteiger partial charge >= 0.3 is 0 Å². The summed E-state index contributed by atoms with van der Waals surface area (Å²) in [5.41, 5.74) is 6.75. The third-order valence-electron chi connectivity index (χ3n) is 4.62. The molecule has 2 N–H and O–H groups in total. The molecule has 3 nitrogen and oxygen atoms in total. The number of nitrogens with zero attached hydrogens (tertiary/aromatic N) is 1. The SMILES string of the molecule is NC(c1sccc1Cl)C1(N2CCOCC2)CCCC1. The molecule has 0 radical (unpaired) electrons. The van der Waals surface area contributed by atoms with Crippen molar-refractivity contribution in [3.63, 3.8) is 0 Å². The van der Waals surface area contributed by atoms with Gasteiger partial charge in [-0.1, -0.05) is 24.4 Å². The van der Waals surface area contributed by atoms with Crippen LogP contribution in [0, 0.1) is 0 Å². The minimum Gasteiger partial charge on any atom is -0.379 e. The van der Waals surface area contributed by atoms with E-state index in [0.717, 1.165) is 36.2 Å². The second-order valence-corrected chi connectivity index (χ2v) is 6.88. The highest BCUT2D eigenvalue weighted by Gasteiger charge is 2.46. The highest BCUT2D eigenvalue weighted by Crippen LogP contribution is 2.46. The van der Waals surface area contributed by atoms with Crippen LogP contribution in [-0.2, 0) is 4.74 Å². The lowest BCUT2D eigenvalue weighted by atomic mass is 9.85. The van der Waals surface area contributed by atoms with Gasteiger partial charge in [-0.2, -0.15) is 0 Å². The van der Waals surface area contributed by atoms with Crippen molar-refractivity contribution in [3.8, 4) is 0 Å². The summed E-state index contributed by atoms with van der Waals surface area (Å²) in [4.78, 5) is 3.71. The normalized spacial score (nSPS) is 25.6. The first-order valence-corrected chi connectivity index (χ1v) is 8.31. The van der Waals surface area contributed by atoms with Crippen LogP contribution in [-0.4, -0.2) is 36.7 Å². The lowest BCUT2D eigenvalue weighted by Gasteiger charge is -2.46. The van der Waals surface area contributed by atoms with Crippen molar-refractivity contribution in [2.75, 3.05) is 26.3 Å². The Bertz CT molecular complexity index is 425. The molecule has 0 amide bonds. The Labute approximate surface area is 123 Å². The lowest BCUT2D eigenvalue weighted by molar-refractivity contribution is -0.0307. The van der Waals surface area contributed by atoms with Gasteiger partial charge in [0, 0.05) is 23.5 Å². The molecule has 1 unspecified atom stereocenters. The topological polar surface area (TPSA) is 38.5 Å². The molecule has 19 heavy (non-hydrogen) atoms. The first-order valence-electron chi connectivity index (χ1n) is 7.05. The summed E-state index contributed by atoms with van der Waals surface area (Å²) in [7, 11) is 0. The Morgan fingerprint density at radius 3 is 2.58 bits per heavy atom. The molecular weight excluding hydrogens is 280 g/mol. The fraction of sp³-hybridized carbons (Fsp3) is 0.714. The molecule has 0 spiro atoms. The van der Waals surface area contributed by atoms with Crippen LogP contribution in [0.4, 0.5) is 0 Å². The minimum atomic E-state index is 0.0283. The van der Waals surface area contributed by atoms with Crippen molar-refractivity contribution in [3.05, 3.63) is 21.3 Å².